The summed E-state index contributed by atoms with van der Waals surface area (Å²) in [7, 11) is 1.89. The number of halogens is 1. The zero-order valence-corrected chi connectivity index (χ0v) is 15.9. The third-order valence-electron chi connectivity index (χ3n) is 5.33. The van der Waals surface area contributed by atoms with Crippen LogP contribution in [-0.4, -0.2) is 52.8 Å². The minimum Gasteiger partial charge on any atom is -0.369 e. The van der Waals surface area contributed by atoms with E-state index in [1.165, 1.54) is 11.8 Å². The third kappa shape index (κ3) is 2.77. The fourth-order valence-corrected chi connectivity index (χ4v) is 3.84. The number of aryl methyl sites for hydroxylation is 1. The molecule has 0 radical (unpaired) electrons. The van der Waals surface area contributed by atoms with Crippen molar-refractivity contribution in [2.75, 3.05) is 43.0 Å². The van der Waals surface area contributed by atoms with Crippen LogP contribution in [0.25, 0.3) is 16.6 Å². The maximum absolute atomic E-state index is 14.5. The average molecular weight is 379 g/mol. The number of imidazole rings is 1. The topological polar surface area (TPSA) is 64.5 Å². The van der Waals surface area contributed by atoms with Gasteiger partial charge in [-0.2, -0.15) is 5.10 Å². The van der Waals surface area contributed by atoms with Gasteiger partial charge in [0.15, 0.2) is 17.3 Å². The molecule has 8 heteroatoms. The van der Waals surface area contributed by atoms with Gasteiger partial charge >= 0.3 is 0 Å². The highest BCUT2D eigenvalue weighted by atomic mass is 19.1. The fourth-order valence-electron chi connectivity index (χ4n) is 3.84. The Morgan fingerprint density at radius 3 is 2.79 bits per heavy atom. The van der Waals surface area contributed by atoms with Crippen LogP contribution in [0.1, 0.15) is 5.69 Å². The summed E-state index contributed by atoms with van der Waals surface area (Å²) in [5.41, 5.74) is 3.99. The number of hydrogen-bond acceptors (Lipinski definition) is 5. The molecule has 0 amide bonds. The number of aromatic nitrogens is 4. The van der Waals surface area contributed by atoms with Crippen molar-refractivity contribution in [2.24, 2.45) is 0 Å². The van der Waals surface area contributed by atoms with Gasteiger partial charge in [0.25, 0.3) is 0 Å². The second kappa shape index (κ2) is 6.49. The van der Waals surface area contributed by atoms with E-state index in [-0.39, 0.29) is 5.82 Å². The lowest BCUT2D eigenvalue weighted by molar-refractivity contribution is 0.589. The van der Waals surface area contributed by atoms with Gasteiger partial charge in [-0.3, -0.25) is 5.10 Å². The number of nitrogens with one attached hydrogen (secondary N) is 2. The first kappa shape index (κ1) is 17.0. The Balaban J connectivity index is 1.51. The number of anilines is 3. The van der Waals surface area contributed by atoms with Crippen LogP contribution in [0.5, 0.6) is 0 Å². The molecule has 0 bridgehead atoms. The van der Waals surface area contributed by atoms with Crippen molar-refractivity contribution in [1.29, 1.82) is 0 Å². The minimum absolute atomic E-state index is 0.335. The van der Waals surface area contributed by atoms with Crippen LogP contribution in [0, 0.1) is 12.7 Å². The van der Waals surface area contributed by atoms with E-state index >= 15 is 0 Å². The molecule has 1 aliphatic rings. The average Bonchev–Trinajstić information content (AvgIpc) is 3.30. The Bertz CT molecular complexity index is 1160. The largest absolute Gasteiger partial charge is 0.369 e. The molecule has 144 valence electrons. The van der Waals surface area contributed by atoms with Gasteiger partial charge in [-0.25, -0.2) is 9.37 Å². The van der Waals surface area contributed by atoms with Crippen LogP contribution >= 0.6 is 0 Å². The number of piperazine rings is 1. The van der Waals surface area contributed by atoms with Crippen molar-refractivity contribution in [1.82, 2.24) is 24.9 Å². The smallest absolute Gasteiger partial charge is 0.173 e. The van der Waals surface area contributed by atoms with E-state index in [4.69, 9.17) is 0 Å². The molecular weight excluding hydrogens is 357 g/mol. The summed E-state index contributed by atoms with van der Waals surface area (Å²) in [5.74, 6) is 0.413. The van der Waals surface area contributed by atoms with Crippen LogP contribution in [0.4, 0.5) is 21.6 Å². The Kier molecular flexibility index (Phi) is 3.94. The maximum atomic E-state index is 14.5. The maximum Gasteiger partial charge on any atom is 0.173 e. The first-order valence-electron chi connectivity index (χ1n) is 9.42. The molecular formula is C20H22FN7. The third-order valence-corrected chi connectivity index (χ3v) is 5.33. The lowest BCUT2D eigenvalue weighted by Crippen LogP contribution is -2.43. The number of benzene rings is 1. The normalized spacial score (nSPS) is 14.9. The van der Waals surface area contributed by atoms with Gasteiger partial charge in [-0.15, -0.1) is 0 Å². The highest BCUT2D eigenvalue weighted by Crippen LogP contribution is 2.32. The zero-order valence-electron chi connectivity index (χ0n) is 15.9. The zero-order chi connectivity index (χ0) is 19.3. The molecule has 1 aliphatic heterocycles. The number of aromatic amines is 1. The van der Waals surface area contributed by atoms with Crippen LogP contribution in [-0.2, 0) is 0 Å². The van der Waals surface area contributed by atoms with E-state index in [0.717, 1.165) is 48.6 Å². The quantitative estimate of drug-likeness (QED) is 0.573. The number of H-pyrrole nitrogens is 1. The van der Waals surface area contributed by atoms with Gasteiger partial charge in [-0.05, 0) is 25.1 Å². The van der Waals surface area contributed by atoms with Gasteiger partial charge in [-0.1, -0.05) is 0 Å². The molecule has 4 heterocycles. The van der Waals surface area contributed by atoms with Gasteiger partial charge in [0.1, 0.15) is 0 Å². The lowest BCUT2D eigenvalue weighted by Gasteiger charge is -2.29. The number of hydrogen-bond donors (Lipinski definition) is 2. The van der Waals surface area contributed by atoms with Crippen molar-refractivity contribution in [3.05, 3.63) is 48.2 Å². The van der Waals surface area contributed by atoms with Crippen LogP contribution in [0.2, 0.25) is 0 Å². The predicted octanol–water partition coefficient (Wildman–Crippen LogP) is 2.84. The van der Waals surface area contributed by atoms with E-state index in [1.807, 2.05) is 31.3 Å². The van der Waals surface area contributed by atoms with Crippen LogP contribution in [0.15, 0.2) is 36.7 Å². The second-order valence-electron chi connectivity index (χ2n) is 7.23. The van der Waals surface area contributed by atoms with Crippen molar-refractivity contribution < 1.29 is 4.39 Å². The Morgan fingerprint density at radius 1 is 1.14 bits per heavy atom. The lowest BCUT2D eigenvalue weighted by atomic mass is 10.2. The van der Waals surface area contributed by atoms with Crippen LogP contribution < -0.4 is 15.1 Å². The van der Waals surface area contributed by atoms with E-state index in [1.54, 1.807) is 4.40 Å². The molecule has 3 aromatic heterocycles. The highest BCUT2D eigenvalue weighted by molar-refractivity contribution is 5.94. The highest BCUT2D eigenvalue weighted by Gasteiger charge is 2.17. The molecule has 1 aromatic carbocycles. The minimum atomic E-state index is -0.349. The predicted molar refractivity (Wildman–Crippen MR) is 109 cm³/mol. The number of pyridine rings is 1. The van der Waals surface area contributed by atoms with Gasteiger partial charge < -0.3 is 19.5 Å². The molecule has 4 aromatic rings. The number of rotatable bonds is 3. The first-order valence-corrected chi connectivity index (χ1v) is 9.42. The summed E-state index contributed by atoms with van der Waals surface area (Å²) in [6.07, 6.45) is 3.69. The SMILES string of the molecule is Cc1cn2cc(N(C)c3n[nH]c4cc(N5CCNCC5)ccc34)cc(F)c2n1. The van der Waals surface area contributed by atoms with Crippen LogP contribution in [0.3, 0.4) is 0 Å². The molecule has 0 atom stereocenters. The summed E-state index contributed by atoms with van der Waals surface area (Å²) in [6.45, 7) is 5.84. The van der Waals surface area contributed by atoms with Gasteiger partial charge in [0.05, 0.1) is 16.9 Å². The van der Waals surface area contributed by atoms with Gasteiger partial charge in [0, 0.05) is 62.8 Å². The Hall–Kier alpha value is -3.13. The molecule has 0 saturated carbocycles. The van der Waals surface area contributed by atoms with Crippen molar-refractivity contribution in [3.8, 4) is 0 Å². The second-order valence-corrected chi connectivity index (χ2v) is 7.23. The number of fused-ring (bicyclic) bond motifs is 2. The van der Waals surface area contributed by atoms with Crippen molar-refractivity contribution in [2.45, 2.75) is 6.92 Å². The van der Waals surface area contributed by atoms with E-state index in [0.29, 0.717) is 11.3 Å². The monoisotopic (exact) mass is 379 g/mol. The molecule has 0 spiro atoms. The summed E-state index contributed by atoms with van der Waals surface area (Å²) >= 11 is 0. The summed E-state index contributed by atoms with van der Waals surface area (Å²) < 4.78 is 16.2. The Morgan fingerprint density at radius 2 is 1.96 bits per heavy atom. The molecule has 7 nitrogen and oxygen atoms in total. The first-order chi connectivity index (χ1) is 13.6. The molecule has 1 fully saturated rings. The number of nitrogens with zero attached hydrogens (tertiary/aromatic N) is 5. The van der Waals surface area contributed by atoms with E-state index in [9.17, 15) is 4.39 Å². The summed E-state index contributed by atoms with van der Waals surface area (Å²) in [4.78, 5) is 8.47. The summed E-state index contributed by atoms with van der Waals surface area (Å²) in [5, 5.41) is 12.0. The van der Waals surface area contributed by atoms with E-state index in [2.05, 4.69) is 43.6 Å². The molecule has 0 aliphatic carbocycles. The molecule has 28 heavy (non-hydrogen) atoms. The standard InChI is InChI=1S/C20H22FN7/c1-13-11-28-12-15(9-17(21)20(28)23-13)26(2)19-16-4-3-14(10-18(16)24-25-19)27-7-5-22-6-8-27/h3-4,9-12,22H,5-8H2,1-2H3,(H,24,25). The molecule has 2 N–H and O–H groups in total. The van der Waals surface area contributed by atoms with Crippen molar-refractivity contribution >= 4 is 33.7 Å². The molecule has 0 unspecified atom stereocenters. The van der Waals surface area contributed by atoms with Crippen molar-refractivity contribution in [3.63, 3.8) is 0 Å². The van der Waals surface area contributed by atoms with Gasteiger partial charge in [0.2, 0.25) is 0 Å². The summed E-state index contributed by atoms with van der Waals surface area (Å²) in [6, 6.07) is 7.84. The fraction of sp³-hybridized carbons (Fsp3) is 0.300. The van der Waals surface area contributed by atoms with E-state index < -0.39 is 0 Å². The molecule has 5 rings (SSSR count). The molecule has 1 saturated heterocycles. The Labute approximate surface area is 161 Å².